The minimum atomic E-state index is -0.315. The molecule has 1 saturated heterocycles. The first kappa shape index (κ1) is 19.2. The molecule has 0 aliphatic carbocycles. The first-order chi connectivity index (χ1) is 13.1. The zero-order valence-electron chi connectivity index (χ0n) is 15.0. The maximum Gasteiger partial charge on any atom is 0.293 e. The zero-order valence-corrected chi connectivity index (χ0v) is 15.8. The maximum absolute atomic E-state index is 13.3. The lowest BCUT2D eigenvalue weighted by Crippen LogP contribution is -2.29. The number of rotatable bonds is 7. The van der Waals surface area contributed by atoms with Gasteiger partial charge in [-0.3, -0.25) is 14.5 Å². The summed E-state index contributed by atoms with van der Waals surface area (Å²) in [5.41, 5.74) is 1.42. The second-order valence-electron chi connectivity index (χ2n) is 6.14. The van der Waals surface area contributed by atoms with E-state index in [0.717, 1.165) is 24.6 Å². The third-order valence-electron chi connectivity index (χ3n) is 4.10. The van der Waals surface area contributed by atoms with Crippen molar-refractivity contribution in [2.24, 2.45) is 0 Å². The monoisotopic (exact) mass is 385 g/mol. The van der Waals surface area contributed by atoms with Gasteiger partial charge in [-0.15, -0.1) is 0 Å². The fourth-order valence-electron chi connectivity index (χ4n) is 2.67. The fraction of sp³-hybridized carbons (Fsp3) is 0.238. The van der Waals surface area contributed by atoms with Crippen LogP contribution in [0.1, 0.15) is 30.9 Å². The van der Waals surface area contributed by atoms with Crippen LogP contribution in [-0.2, 0) is 11.4 Å². The van der Waals surface area contributed by atoms with Gasteiger partial charge in [0.05, 0.1) is 4.91 Å². The van der Waals surface area contributed by atoms with E-state index in [2.05, 4.69) is 0 Å². The number of hydrogen-bond donors (Lipinski definition) is 0. The SMILES string of the molecule is CCCCN1C(=O)S/C(=C\c2ccccc2OCc2cccc(F)c2)C1=O. The summed E-state index contributed by atoms with van der Waals surface area (Å²) in [5.74, 6) is -0.00867. The van der Waals surface area contributed by atoms with Gasteiger partial charge < -0.3 is 4.74 Å². The lowest BCUT2D eigenvalue weighted by molar-refractivity contribution is -0.122. The third-order valence-corrected chi connectivity index (χ3v) is 5.01. The lowest BCUT2D eigenvalue weighted by atomic mass is 10.1. The van der Waals surface area contributed by atoms with Crippen LogP contribution in [0.5, 0.6) is 5.75 Å². The van der Waals surface area contributed by atoms with Gasteiger partial charge in [0.1, 0.15) is 18.2 Å². The van der Waals surface area contributed by atoms with E-state index in [9.17, 15) is 14.0 Å². The normalized spacial score (nSPS) is 15.6. The minimum absolute atomic E-state index is 0.209. The molecule has 0 N–H and O–H groups in total. The summed E-state index contributed by atoms with van der Waals surface area (Å²) in [7, 11) is 0. The number of amides is 2. The summed E-state index contributed by atoms with van der Waals surface area (Å²) < 4.78 is 19.1. The topological polar surface area (TPSA) is 46.6 Å². The summed E-state index contributed by atoms with van der Waals surface area (Å²) >= 11 is 0.946. The van der Waals surface area contributed by atoms with E-state index >= 15 is 0 Å². The number of nitrogens with zero attached hydrogens (tertiary/aromatic N) is 1. The quantitative estimate of drug-likeness (QED) is 0.612. The Bertz CT molecular complexity index is 881. The predicted octanol–water partition coefficient (Wildman–Crippen LogP) is 5.24. The molecule has 2 amide bonds. The lowest BCUT2D eigenvalue weighted by Gasteiger charge is -2.11. The second kappa shape index (κ2) is 8.86. The number of para-hydroxylation sites is 1. The number of benzene rings is 2. The molecule has 140 valence electrons. The summed E-state index contributed by atoms with van der Waals surface area (Å²) in [4.78, 5) is 26.2. The van der Waals surface area contributed by atoms with Crippen molar-refractivity contribution in [2.75, 3.05) is 6.54 Å². The van der Waals surface area contributed by atoms with Crippen molar-refractivity contribution in [1.82, 2.24) is 4.90 Å². The average molecular weight is 385 g/mol. The number of halogens is 1. The Balaban J connectivity index is 1.77. The Morgan fingerprint density at radius 3 is 2.74 bits per heavy atom. The molecule has 2 aromatic rings. The highest BCUT2D eigenvalue weighted by molar-refractivity contribution is 8.18. The second-order valence-corrected chi connectivity index (χ2v) is 7.14. The van der Waals surface area contributed by atoms with Crippen LogP contribution in [0.4, 0.5) is 9.18 Å². The highest BCUT2D eigenvalue weighted by Gasteiger charge is 2.34. The molecular formula is C21H20FNO3S. The van der Waals surface area contributed by atoms with Crippen molar-refractivity contribution in [3.63, 3.8) is 0 Å². The Morgan fingerprint density at radius 2 is 1.96 bits per heavy atom. The number of unbranched alkanes of at least 4 members (excludes halogenated alkanes) is 1. The largest absolute Gasteiger partial charge is 0.488 e. The van der Waals surface area contributed by atoms with Gasteiger partial charge in [0.15, 0.2) is 0 Å². The first-order valence-corrected chi connectivity index (χ1v) is 9.61. The van der Waals surface area contributed by atoms with Gasteiger partial charge in [0.25, 0.3) is 11.1 Å². The van der Waals surface area contributed by atoms with Crippen molar-refractivity contribution in [1.29, 1.82) is 0 Å². The van der Waals surface area contributed by atoms with Crippen LogP contribution in [0.25, 0.3) is 6.08 Å². The smallest absolute Gasteiger partial charge is 0.293 e. The first-order valence-electron chi connectivity index (χ1n) is 8.80. The summed E-state index contributed by atoms with van der Waals surface area (Å²) in [6, 6.07) is 13.5. The molecule has 0 atom stereocenters. The van der Waals surface area contributed by atoms with E-state index in [0.29, 0.717) is 28.3 Å². The van der Waals surface area contributed by atoms with Crippen LogP contribution >= 0.6 is 11.8 Å². The van der Waals surface area contributed by atoms with E-state index in [1.54, 1.807) is 24.3 Å². The summed E-state index contributed by atoms with van der Waals surface area (Å²) in [6.07, 6.45) is 3.38. The standard InChI is InChI=1S/C21H20FNO3S/c1-2-3-11-23-20(24)19(27-21(23)25)13-16-8-4-5-10-18(16)26-14-15-7-6-9-17(22)12-15/h4-10,12-13H,2-3,11,14H2,1H3/b19-13-. The van der Waals surface area contributed by atoms with Gasteiger partial charge in [0.2, 0.25) is 0 Å². The summed E-state index contributed by atoms with van der Waals surface area (Å²) in [5, 5.41) is -0.238. The Hall–Kier alpha value is -2.60. The van der Waals surface area contributed by atoms with E-state index < -0.39 is 0 Å². The van der Waals surface area contributed by atoms with Crippen molar-refractivity contribution in [2.45, 2.75) is 26.4 Å². The van der Waals surface area contributed by atoms with Crippen LogP contribution in [-0.4, -0.2) is 22.6 Å². The Kier molecular flexibility index (Phi) is 6.29. The van der Waals surface area contributed by atoms with Gasteiger partial charge >= 0.3 is 0 Å². The van der Waals surface area contributed by atoms with E-state index in [1.165, 1.54) is 17.0 Å². The van der Waals surface area contributed by atoms with Gasteiger partial charge in [-0.05, 0) is 48.0 Å². The van der Waals surface area contributed by atoms with Crippen LogP contribution in [0.2, 0.25) is 0 Å². The molecule has 3 rings (SSSR count). The van der Waals surface area contributed by atoms with Crippen molar-refractivity contribution >= 4 is 29.0 Å². The predicted molar refractivity (Wildman–Crippen MR) is 105 cm³/mol. The highest BCUT2D eigenvalue weighted by Crippen LogP contribution is 2.34. The van der Waals surface area contributed by atoms with Gasteiger partial charge in [-0.2, -0.15) is 0 Å². The molecule has 0 unspecified atom stereocenters. The zero-order chi connectivity index (χ0) is 19.2. The molecule has 1 fully saturated rings. The molecule has 0 saturated carbocycles. The highest BCUT2D eigenvalue weighted by atomic mass is 32.2. The van der Waals surface area contributed by atoms with Crippen LogP contribution in [0.15, 0.2) is 53.4 Å². The molecule has 0 radical (unpaired) electrons. The molecule has 0 spiro atoms. The molecule has 6 heteroatoms. The summed E-state index contributed by atoms with van der Waals surface area (Å²) in [6.45, 7) is 2.66. The number of ether oxygens (including phenoxy) is 1. The number of hydrogen-bond acceptors (Lipinski definition) is 4. The number of carbonyl (C=O) groups is 2. The third kappa shape index (κ3) is 4.77. The fourth-order valence-corrected chi connectivity index (χ4v) is 3.53. The van der Waals surface area contributed by atoms with Gasteiger partial charge in [-0.1, -0.05) is 43.7 Å². The Labute approximate surface area is 162 Å². The number of imide groups is 1. The van der Waals surface area contributed by atoms with Crippen LogP contribution in [0, 0.1) is 5.82 Å². The van der Waals surface area contributed by atoms with E-state index in [1.807, 2.05) is 25.1 Å². The van der Waals surface area contributed by atoms with Gasteiger partial charge in [0, 0.05) is 12.1 Å². The molecule has 1 aliphatic heterocycles. The molecule has 1 heterocycles. The van der Waals surface area contributed by atoms with Crippen LogP contribution in [0.3, 0.4) is 0 Å². The minimum Gasteiger partial charge on any atom is -0.488 e. The van der Waals surface area contributed by atoms with E-state index in [4.69, 9.17) is 4.74 Å². The molecule has 2 aromatic carbocycles. The Morgan fingerprint density at radius 1 is 1.15 bits per heavy atom. The molecule has 4 nitrogen and oxygen atoms in total. The van der Waals surface area contributed by atoms with Crippen molar-refractivity contribution in [3.8, 4) is 5.75 Å². The average Bonchev–Trinajstić information content (AvgIpc) is 2.92. The molecule has 0 aromatic heterocycles. The molecular weight excluding hydrogens is 365 g/mol. The molecule has 0 bridgehead atoms. The number of thioether (sulfide) groups is 1. The van der Waals surface area contributed by atoms with Crippen molar-refractivity contribution < 1.29 is 18.7 Å². The van der Waals surface area contributed by atoms with Crippen LogP contribution < -0.4 is 4.74 Å². The molecule has 27 heavy (non-hydrogen) atoms. The van der Waals surface area contributed by atoms with Gasteiger partial charge in [-0.25, -0.2) is 4.39 Å². The molecule has 1 aliphatic rings. The van der Waals surface area contributed by atoms with E-state index in [-0.39, 0.29) is 23.6 Å². The maximum atomic E-state index is 13.3. The number of carbonyl (C=O) groups excluding carboxylic acids is 2. The van der Waals surface area contributed by atoms with Crippen molar-refractivity contribution in [3.05, 3.63) is 70.4 Å².